The third-order valence-electron chi connectivity index (χ3n) is 7.12. The fourth-order valence-electron chi connectivity index (χ4n) is 5.02. The zero-order chi connectivity index (χ0) is 21.3. The molecule has 160 valence electrons. The van der Waals surface area contributed by atoms with E-state index in [1.54, 1.807) is 6.20 Å². The number of hydrogen-bond acceptors (Lipinski definition) is 3. The summed E-state index contributed by atoms with van der Waals surface area (Å²) in [6.45, 7) is 4.85. The number of amides is 1. The van der Waals surface area contributed by atoms with Crippen molar-refractivity contribution in [3.05, 3.63) is 72.3 Å². The topological polar surface area (TPSA) is 51.0 Å². The molecule has 1 aliphatic carbocycles. The van der Waals surface area contributed by atoms with E-state index < -0.39 is 0 Å². The van der Waals surface area contributed by atoms with Gasteiger partial charge in [0.05, 0.1) is 5.41 Å². The normalized spacial score (nSPS) is 18.2. The molecular formula is C26H30N4O. The molecule has 0 spiro atoms. The Balaban J connectivity index is 1.18. The van der Waals surface area contributed by atoms with Crippen molar-refractivity contribution in [1.29, 1.82) is 0 Å². The number of piperidine rings is 1. The number of carbonyl (C=O) groups excluding carboxylic acids is 1. The molecule has 0 N–H and O–H groups in total. The molecule has 2 aliphatic rings. The van der Waals surface area contributed by atoms with E-state index >= 15 is 0 Å². The third-order valence-corrected chi connectivity index (χ3v) is 7.12. The van der Waals surface area contributed by atoms with Crippen molar-refractivity contribution in [3.8, 4) is 11.4 Å². The zero-order valence-electron chi connectivity index (χ0n) is 18.2. The Kier molecular flexibility index (Phi) is 5.34. The number of imidazole rings is 1. The van der Waals surface area contributed by atoms with Gasteiger partial charge in [0.1, 0.15) is 5.82 Å². The number of rotatable bonds is 6. The molecule has 0 atom stereocenters. The number of nitrogens with zero attached hydrogens (tertiary/aromatic N) is 4. The van der Waals surface area contributed by atoms with E-state index in [4.69, 9.17) is 0 Å². The van der Waals surface area contributed by atoms with Crippen molar-refractivity contribution < 1.29 is 4.79 Å². The second-order valence-electron chi connectivity index (χ2n) is 9.09. The van der Waals surface area contributed by atoms with Gasteiger partial charge in [-0.15, -0.1) is 0 Å². The first-order valence-electron chi connectivity index (χ1n) is 11.4. The Morgan fingerprint density at radius 1 is 1.06 bits per heavy atom. The summed E-state index contributed by atoms with van der Waals surface area (Å²) in [7, 11) is 0. The van der Waals surface area contributed by atoms with E-state index in [-0.39, 0.29) is 5.41 Å². The monoisotopic (exact) mass is 414 g/mol. The molecule has 0 radical (unpaired) electrons. The average Bonchev–Trinajstić information content (AvgIpc) is 3.56. The van der Waals surface area contributed by atoms with Crippen LogP contribution in [-0.2, 0) is 16.8 Å². The summed E-state index contributed by atoms with van der Waals surface area (Å²) in [5, 5.41) is 0. The lowest BCUT2D eigenvalue weighted by atomic mass is 9.90. The number of aryl methyl sites for hydroxylation is 1. The van der Waals surface area contributed by atoms with E-state index in [9.17, 15) is 4.79 Å². The van der Waals surface area contributed by atoms with Crippen molar-refractivity contribution in [1.82, 2.24) is 19.4 Å². The van der Waals surface area contributed by atoms with Gasteiger partial charge in [0.25, 0.3) is 0 Å². The first-order chi connectivity index (χ1) is 15.2. The third kappa shape index (κ3) is 3.89. The van der Waals surface area contributed by atoms with Gasteiger partial charge in [0.15, 0.2) is 0 Å². The molecule has 0 unspecified atom stereocenters. The van der Waals surface area contributed by atoms with Crippen LogP contribution in [0.1, 0.15) is 43.4 Å². The van der Waals surface area contributed by atoms with E-state index in [2.05, 4.69) is 44.6 Å². The molecule has 5 heteroatoms. The first-order valence-corrected chi connectivity index (χ1v) is 11.4. The van der Waals surface area contributed by atoms with Crippen LogP contribution in [0.15, 0.2) is 61.1 Å². The second kappa shape index (κ2) is 8.29. The van der Waals surface area contributed by atoms with Gasteiger partial charge < -0.3 is 9.47 Å². The summed E-state index contributed by atoms with van der Waals surface area (Å²) in [5.41, 5.74) is 3.21. The van der Waals surface area contributed by atoms with Gasteiger partial charge in [-0.05, 0) is 62.6 Å². The van der Waals surface area contributed by atoms with Crippen LogP contribution in [0.4, 0.5) is 0 Å². The Morgan fingerprint density at radius 3 is 2.52 bits per heavy atom. The van der Waals surface area contributed by atoms with Gasteiger partial charge in [-0.3, -0.25) is 9.78 Å². The minimum absolute atomic E-state index is 0.235. The fourth-order valence-corrected chi connectivity index (χ4v) is 5.02. The summed E-state index contributed by atoms with van der Waals surface area (Å²) in [6, 6.07) is 14.4. The van der Waals surface area contributed by atoms with Crippen LogP contribution >= 0.6 is 0 Å². The molecule has 0 bridgehead atoms. The van der Waals surface area contributed by atoms with Crippen LogP contribution in [-0.4, -0.2) is 38.4 Å². The predicted molar refractivity (Wildman–Crippen MR) is 121 cm³/mol. The Bertz CT molecular complexity index is 1030. The predicted octanol–water partition coefficient (Wildman–Crippen LogP) is 4.61. The smallest absolute Gasteiger partial charge is 0.233 e. The number of likely N-dealkylation sites (tertiary alicyclic amines) is 1. The minimum atomic E-state index is -0.235. The molecule has 2 fully saturated rings. The van der Waals surface area contributed by atoms with Gasteiger partial charge in [-0.1, -0.05) is 30.3 Å². The van der Waals surface area contributed by atoms with E-state index in [1.165, 1.54) is 11.3 Å². The Morgan fingerprint density at radius 2 is 1.84 bits per heavy atom. The first kappa shape index (κ1) is 20.0. The van der Waals surface area contributed by atoms with E-state index in [0.717, 1.165) is 63.1 Å². The highest BCUT2D eigenvalue weighted by Crippen LogP contribution is 2.50. The molecule has 5 nitrogen and oxygen atoms in total. The van der Waals surface area contributed by atoms with Crippen molar-refractivity contribution in [2.24, 2.45) is 5.92 Å². The average molecular weight is 415 g/mol. The highest BCUT2D eigenvalue weighted by molar-refractivity contribution is 5.91. The molecule has 1 aromatic carbocycles. The number of benzene rings is 1. The minimum Gasteiger partial charge on any atom is -0.342 e. The van der Waals surface area contributed by atoms with E-state index in [1.807, 2.05) is 36.7 Å². The molecule has 3 aromatic rings. The highest BCUT2D eigenvalue weighted by atomic mass is 16.2. The van der Waals surface area contributed by atoms with Crippen LogP contribution in [0.5, 0.6) is 0 Å². The maximum Gasteiger partial charge on any atom is 0.233 e. The van der Waals surface area contributed by atoms with Gasteiger partial charge in [0, 0.05) is 49.5 Å². The molecule has 1 saturated carbocycles. The number of aromatic nitrogens is 3. The van der Waals surface area contributed by atoms with Gasteiger partial charge in [0.2, 0.25) is 5.91 Å². The fraction of sp³-hybridized carbons (Fsp3) is 0.423. The molecule has 1 amide bonds. The summed E-state index contributed by atoms with van der Waals surface area (Å²) in [4.78, 5) is 24.3. The Hall–Kier alpha value is -2.95. The van der Waals surface area contributed by atoms with E-state index in [0.29, 0.717) is 11.8 Å². The van der Waals surface area contributed by atoms with Crippen molar-refractivity contribution >= 4 is 5.91 Å². The Labute approximate surface area is 184 Å². The quantitative estimate of drug-likeness (QED) is 0.592. The molecule has 1 aliphatic heterocycles. The van der Waals surface area contributed by atoms with Crippen LogP contribution in [0, 0.1) is 12.8 Å². The standard InChI is InChI=1S/C26H30N4O/c1-20-18-28-24(22-6-5-14-27-19-22)30(20)17-11-21-9-15-29(16-10-21)25(31)26(12-13-26)23-7-3-2-4-8-23/h2-8,14,18-19,21H,9-13,15-17H2,1H3. The SMILES string of the molecule is Cc1cnc(-c2cccnc2)n1CCC1CCN(C(=O)C2(c3ccccc3)CC2)CC1. The van der Waals surface area contributed by atoms with Gasteiger partial charge >= 0.3 is 0 Å². The van der Waals surface area contributed by atoms with Gasteiger partial charge in [-0.2, -0.15) is 0 Å². The number of pyridine rings is 1. The molecule has 1 saturated heterocycles. The maximum atomic E-state index is 13.3. The lowest BCUT2D eigenvalue weighted by molar-refractivity contribution is -0.135. The van der Waals surface area contributed by atoms with Crippen molar-refractivity contribution in [2.45, 2.75) is 51.0 Å². The number of hydrogen-bond donors (Lipinski definition) is 0. The lowest BCUT2D eigenvalue weighted by Gasteiger charge is -2.34. The summed E-state index contributed by atoms with van der Waals surface area (Å²) < 4.78 is 2.31. The summed E-state index contributed by atoms with van der Waals surface area (Å²) in [6.07, 6.45) is 10.9. The zero-order valence-corrected chi connectivity index (χ0v) is 18.2. The summed E-state index contributed by atoms with van der Waals surface area (Å²) >= 11 is 0. The van der Waals surface area contributed by atoms with Crippen LogP contribution < -0.4 is 0 Å². The van der Waals surface area contributed by atoms with Crippen LogP contribution in [0.2, 0.25) is 0 Å². The van der Waals surface area contributed by atoms with Crippen LogP contribution in [0.3, 0.4) is 0 Å². The largest absolute Gasteiger partial charge is 0.342 e. The second-order valence-corrected chi connectivity index (χ2v) is 9.09. The van der Waals surface area contributed by atoms with Gasteiger partial charge in [-0.25, -0.2) is 4.98 Å². The molecule has 2 aromatic heterocycles. The van der Waals surface area contributed by atoms with Crippen molar-refractivity contribution in [3.63, 3.8) is 0 Å². The van der Waals surface area contributed by atoms with Crippen molar-refractivity contribution in [2.75, 3.05) is 13.1 Å². The maximum absolute atomic E-state index is 13.3. The molecule has 5 rings (SSSR count). The molecular weight excluding hydrogens is 384 g/mol. The number of carbonyl (C=O) groups is 1. The lowest BCUT2D eigenvalue weighted by Crippen LogP contribution is -2.44. The highest BCUT2D eigenvalue weighted by Gasteiger charge is 2.53. The molecule has 3 heterocycles. The molecule has 31 heavy (non-hydrogen) atoms. The van der Waals surface area contributed by atoms with Crippen LogP contribution in [0.25, 0.3) is 11.4 Å². The summed E-state index contributed by atoms with van der Waals surface area (Å²) in [5.74, 6) is 2.00.